The summed E-state index contributed by atoms with van der Waals surface area (Å²) in [6.45, 7) is 5.21. The highest BCUT2D eigenvalue weighted by molar-refractivity contribution is 5.83. The predicted octanol–water partition coefficient (Wildman–Crippen LogP) is 2.19. The fourth-order valence-electron chi connectivity index (χ4n) is 1.80. The first kappa shape index (κ1) is 7.42. The molecule has 2 atom stereocenters. The minimum absolute atomic E-state index is 0.333. The van der Waals surface area contributed by atoms with Crippen molar-refractivity contribution in [1.82, 2.24) is 0 Å². The third-order valence-electron chi connectivity index (χ3n) is 2.61. The number of carbonyl (C=O) groups is 2. The minimum Gasteiger partial charge on any atom is -0.469 e. The Morgan fingerprint density at radius 1 is 1.53 bits per heavy atom. The molecule has 15 heavy (non-hydrogen) atoms. The van der Waals surface area contributed by atoms with Gasteiger partial charge in [-0.2, -0.15) is 0 Å². The minimum atomic E-state index is -2.39. The molecule has 1 saturated carbocycles. The predicted molar refractivity (Wildman–Crippen MR) is 57.3 cm³/mol. The molecule has 1 aliphatic rings. The first-order chi connectivity index (χ1) is 8.35. The Kier molecular flexibility index (Phi) is 2.14. The number of hydrogen-bond acceptors (Lipinski definition) is 3. The number of methoxy groups -OCH3 is 1. The van der Waals surface area contributed by atoms with Crippen LogP contribution in [-0.2, 0) is 14.3 Å². The van der Waals surface area contributed by atoms with Gasteiger partial charge in [0.2, 0.25) is 0 Å². The Labute approximate surface area is 96.8 Å². The molecule has 0 saturated heterocycles. The van der Waals surface area contributed by atoms with Crippen LogP contribution < -0.4 is 0 Å². The summed E-state index contributed by atoms with van der Waals surface area (Å²) in [4.78, 5) is 23.8. The fourth-order valence-corrected chi connectivity index (χ4v) is 1.80. The second-order valence-corrected chi connectivity index (χ2v) is 4.83. The van der Waals surface area contributed by atoms with E-state index in [4.69, 9.17) is 5.48 Å². The smallest absolute Gasteiger partial charge is 0.308 e. The topological polar surface area (TPSA) is 43.4 Å². The van der Waals surface area contributed by atoms with Gasteiger partial charge in [0.25, 0.3) is 0 Å². The van der Waals surface area contributed by atoms with Gasteiger partial charge >= 0.3 is 5.97 Å². The maximum atomic E-state index is 12.0. The second kappa shape index (κ2) is 4.33. The molecule has 0 amide bonds. The van der Waals surface area contributed by atoms with E-state index in [9.17, 15) is 9.59 Å². The van der Waals surface area contributed by atoms with Crippen LogP contribution in [0.15, 0.2) is 0 Å². The summed E-state index contributed by atoms with van der Waals surface area (Å²) < 4.78 is 35.9. The van der Waals surface area contributed by atoms with Crippen molar-refractivity contribution in [3.05, 3.63) is 0 Å². The summed E-state index contributed by atoms with van der Waals surface area (Å²) >= 11 is 0. The van der Waals surface area contributed by atoms with Gasteiger partial charge < -0.3 is 4.74 Å². The van der Waals surface area contributed by atoms with Crippen LogP contribution in [0.5, 0.6) is 0 Å². The third-order valence-corrected chi connectivity index (χ3v) is 2.61. The standard InChI is InChI=1S/C12H20O3/c1-12(2,3)10-7-8(13)5-6-9(10)11(14)15-4/h9-10H,5-7H2,1-4H3/t9-,10+/m1/s1/i5D2,7D2. The lowest BCUT2D eigenvalue weighted by atomic mass is 9.66. The van der Waals surface area contributed by atoms with Gasteiger partial charge in [0, 0.05) is 18.2 Å². The van der Waals surface area contributed by atoms with Gasteiger partial charge in [-0.15, -0.1) is 0 Å². The largest absolute Gasteiger partial charge is 0.469 e. The summed E-state index contributed by atoms with van der Waals surface area (Å²) in [6, 6.07) is 0. The number of esters is 1. The number of rotatable bonds is 1. The highest BCUT2D eigenvalue weighted by Gasteiger charge is 2.41. The van der Waals surface area contributed by atoms with Crippen LogP contribution in [0.1, 0.15) is 45.4 Å². The van der Waals surface area contributed by atoms with Gasteiger partial charge in [0.15, 0.2) is 0 Å². The number of carbonyl (C=O) groups excluding carboxylic acids is 2. The highest BCUT2D eigenvalue weighted by Crippen LogP contribution is 2.41. The summed E-state index contributed by atoms with van der Waals surface area (Å²) in [5.41, 5.74) is -0.658. The fraction of sp³-hybridized carbons (Fsp3) is 0.833. The molecular weight excluding hydrogens is 192 g/mol. The normalized spacial score (nSPS) is 38.3. The molecule has 0 aliphatic heterocycles. The molecule has 3 nitrogen and oxygen atoms in total. The molecule has 1 rings (SSSR count). The van der Waals surface area contributed by atoms with Crippen LogP contribution in [0.3, 0.4) is 0 Å². The summed E-state index contributed by atoms with van der Waals surface area (Å²) in [7, 11) is 1.18. The molecule has 0 aromatic rings. The quantitative estimate of drug-likeness (QED) is 0.631. The Balaban J connectivity index is 3.36. The summed E-state index contributed by atoms with van der Waals surface area (Å²) in [6.07, 6.45) is -5.07. The van der Waals surface area contributed by atoms with Gasteiger partial charge in [0.1, 0.15) is 5.78 Å². The summed E-state index contributed by atoms with van der Waals surface area (Å²) in [5, 5.41) is 0. The lowest BCUT2D eigenvalue weighted by Gasteiger charge is -2.38. The Hall–Kier alpha value is -0.860. The van der Waals surface area contributed by atoms with E-state index in [2.05, 4.69) is 4.74 Å². The van der Waals surface area contributed by atoms with Crippen molar-refractivity contribution in [1.29, 1.82) is 0 Å². The summed E-state index contributed by atoms with van der Waals surface area (Å²) in [5.74, 6) is -3.63. The van der Waals surface area contributed by atoms with Crippen LogP contribution >= 0.6 is 0 Å². The third kappa shape index (κ3) is 2.80. The van der Waals surface area contributed by atoms with E-state index in [0.717, 1.165) is 0 Å². The van der Waals surface area contributed by atoms with E-state index in [1.807, 2.05) is 0 Å². The van der Waals surface area contributed by atoms with Crippen molar-refractivity contribution >= 4 is 11.8 Å². The zero-order valence-electron chi connectivity index (χ0n) is 13.6. The Bertz CT molecular complexity index is 398. The molecule has 0 heterocycles. The van der Waals surface area contributed by atoms with Crippen LogP contribution in [0.25, 0.3) is 0 Å². The average Bonchev–Trinajstić information content (AvgIpc) is 2.21. The van der Waals surface area contributed by atoms with Gasteiger partial charge in [-0.05, 0) is 17.8 Å². The monoisotopic (exact) mass is 216 g/mol. The molecule has 1 fully saturated rings. The molecule has 0 N–H and O–H groups in total. The van der Waals surface area contributed by atoms with E-state index in [-0.39, 0.29) is 6.42 Å². The molecule has 3 heteroatoms. The van der Waals surface area contributed by atoms with Crippen molar-refractivity contribution in [3.8, 4) is 0 Å². The van der Waals surface area contributed by atoms with E-state index in [1.165, 1.54) is 7.11 Å². The zero-order valence-corrected chi connectivity index (χ0v) is 9.59. The molecule has 0 spiro atoms. The lowest BCUT2D eigenvalue weighted by molar-refractivity contribution is -0.152. The van der Waals surface area contributed by atoms with Crippen LogP contribution in [0, 0.1) is 17.3 Å². The number of hydrogen-bond donors (Lipinski definition) is 0. The molecule has 0 bridgehead atoms. The number of ether oxygens (including phenoxy) is 1. The van der Waals surface area contributed by atoms with Gasteiger partial charge in [0.05, 0.1) is 13.0 Å². The SMILES string of the molecule is [2H]C1([2H])C[C@@H](C(=O)OC)[C@@H](C(C)(C)C)C([2H])([2H])C1=O. The van der Waals surface area contributed by atoms with Gasteiger partial charge in [-0.1, -0.05) is 20.8 Å². The van der Waals surface area contributed by atoms with Crippen LogP contribution in [0.2, 0.25) is 0 Å². The number of ketones is 1. The highest BCUT2D eigenvalue weighted by atomic mass is 16.5. The second-order valence-electron chi connectivity index (χ2n) is 4.83. The van der Waals surface area contributed by atoms with E-state index in [0.29, 0.717) is 0 Å². The first-order valence-corrected chi connectivity index (χ1v) is 4.98. The lowest BCUT2D eigenvalue weighted by Crippen LogP contribution is -2.39. The van der Waals surface area contributed by atoms with Crippen LogP contribution in [0.4, 0.5) is 0 Å². The molecule has 0 radical (unpaired) electrons. The van der Waals surface area contributed by atoms with E-state index >= 15 is 0 Å². The molecular formula is C12H20O3. The van der Waals surface area contributed by atoms with E-state index in [1.54, 1.807) is 20.8 Å². The first-order valence-electron chi connectivity index (χ1n) is 6.98. The zero-order chi connectivity index (χ0) is 15.2. The molecule has 0 unspecified atom stereocenters. The van der Waals surface area contributed by atoms with Gasteiger partial charge in [-0.25, -0.2) is 0 Å². The van der Waals surface area contributed by atoms with Crippen molar-refractivity contribution in [2.24, 2.45) is 17.3 Å². The molecule has 0 aromatic heterocycles. The van der Waals surface area contributed by atoms with E-state index < -0.39 is 41.7 Å². The van der Waals surface area contributed by atoms with Crippen molar-refractivity contribution < 1.29 is 19.8 Å². The van der Waals surface area contributed by atoms with Gasteiger partial charge in [-0.3, -0.25) is 9.59 Å². The van der Waals surface area contributed by atoms with Crippen LogP contribution in [-0.4, -0.2) is 18.9 Å². The van der Waals surface area contributed by atoms with Crippen molar-refractivity contribution in [2.75, 3.05) is 7.11 Å². The Morgan fingerprint density at radius 3 is 2.60 bits per heavy atom. The average molecular weight is 216 g/mol. The molecule has 0 aromatic carbocycles. The maximum Gasteiger partial charge on any atom is 0.308 e. The Morgan fingerprint density at radius 2 is 2.13 bits per heavy atom. The van der Waals surface area contributed by atoms with Crippen molar-refractivity contribution in [3.63, 3.8) is 0 Å². The molecule has 86 valence electrons. The number of Topliss-reactive ketones (excluding diaryl/α,β-unsaturated/α-hetero) is 1. The molecule has 1 aliphatic carbocycles. The maximum absolute atomic E-state index is 12.0. The van der Waals surface area contributed by atoms with Crippen molar-refractivity contribution in [2.45, 2.75) is 39.9 Å².